The molecule has 0 fully saturated rings. The van der Waals surface area contributed by atoms with Crippen molar-refractivity contribution in [1.82, 2.24) is 0 Å². The molecule has 3 nitrogen and oxygen atoms in total. The van der Waals surface area contributed by atoms with Crippen LogP contribution in [0.1, 0.15) is 18.9 Å². The summed E-state index contributed by atoms with van der Waals surface area (Å²) in [7, 11) is 0. The van der Waals surface area contributed by atoms with Gasteiger partial charge in [-0.25, -0.2) is 0 Å². The number of hydrogen-bond donors (Lipinski definition) is 1. The summed E-state index contributed by atoms with van der Waals surface area (Å²) in [5, 5.41) is 4.69. The first-order chi connectivity index (χ1) is 7.14. The van der Waals surface area contributed by atoms with Crippen LogP contribution in [-0.4, -0.2) is 12.3 Å². The SMILES string of the molecule is CC1(c2ccc(Cl)cc2)CC(CN)=NO1. The average Bonchev–Trinajstić information content (AvgIpc) is 2.62. The van der Waals surface area contributed by atoms with Gasteiger partial charge in [0.25, 0.3) is 0 Å². The molecule has 0 bridgehead atoms. The second-order valence-corrected chi connectivity index (χ2v) is 4.30. The van der Waals surface area contributed by atoms with E-state index in [9.17, 15) is 0 Å². The summed E-state index contributed by atoms with van der Waals surface area (Å²) in [6.45, 7) is 2.45. The van der Waals surface area contributed by atoms with E-state index in [1.807, 2.05) is 31.2 Å². The monoisotopic (exact) mass is 224 g/mol. The summed E-state index contributed by atoms with van der Waals surface area (Å²) in [5.41, 5.74) is 7.10. The van der Waals surface area contributed by atoms with Gasteiger partial charge in [-0.3, -0.25) is 0 Å². The molecule has 15 heavy (non-hydrogen) atoms. The molecule has 0 spiro atoms. The highest BCUT2D eigenvalue weighted by Crippen LogP contribution is 2.34. The van der Waals surface area contributed by atoms with E-state index in [1.165, 1.54) is 0 Å². The van der Waals surface area contributed by atoms with Crippen molar-refractivity contribution in [2.24, 2.45) is 10.9 Å². The maximum absolute atomic E-state index is 5.83. The second kappa shape index (κ2) is 3.83. The van der Waals surface area contributed by atoms with Gasteiger partial charge < -0.3 is 10.6 Å². The van der Waals surface area contributed by atoms with Crippen molar-refractivity contribution in [2.75, 3.05) is 6.54 Å². The van der Waals surface area contributed by atoms with Crippen molar-refractivity contribution < 1.29 is 4.84 Å². The number of halogens is 1. The molecular formula is C11H13ClN2O. The number of benzene rings is 1. The highest BCUT2D eigenvalue weighted by Gasteiger charge is 2.35. The lowest BCUT2D eigenvalue weighted by atomic mass is 9.91. The third kappa shape index (κ3) is 1.98. The predicted octanol–water partition coefficient (Wildman–Crippen LogP) is 2.29. The van der Waals surface area contributed by atoms with Gasteiger partial charge in [0, 0.05) is 18.0 Å². The first-order valence-electron chi connectivity index (χ1n) is 4.84. The molecule has 0 amide bonds. The molecule has 0 saturated carbocycles. The molecular weight excluding hydrogens is 212 g/mol. The van der Waals surface area contributed by atoms with Gasteiger partial charge in [-0.2, -0.15) is 0 Å². The summed E-state index contributed by atoms with van der Waals surface area (Å²) >= 11 is 5.83. The molecule has 1 aliphatic rings. The van der Waals surface area contributed by atoms with Crippen molar-refractivity contribution in [3.05, 3.63) is 34.9 Å². The molecule has 0 saturated heterocycles. The quantitative estimate of drug-likeness (QED) is 0.838. The zero-order chi connectivity index (χ0) is 10.9. The molecule has 1 aromatic carbocycles. The fourth-order valence-electron chi connectivity index (χ4n) is 1.69. The van der Waals surface area contributed by atoms with Gasteiger partial charge in [0.1, 0.15) is 0 Å². The van der Waals surface area contributed by atoms with E-state index in [-0.39, 0.29) is 5.60 Å². The highest BCUT2D eigenvalue weighted by atomic mass is 35.5. The molecule has 1 unspecified atom stereocenters. The third-order valence-electron chi connectivity index (χ3n) is 2.61. The molecule has 1 atom stereocenters. The Hall–Kier alpha value is -1.06. The predicted molar refractivity (Wildman–Crippen MR) is 61.0 cm³/mol. The lowest BCUT2D eigenvalue weighted by molar-refractivity contribution is -0.00738. The highest BCUT2D eigenvalue weighted by molar-refractivity contribution is 6.30. The summed E-state index contributed by atoms with van der Waals surface area (Å²) < 4.78 is 0. The van der Waals surface area contributed by atoms with Crippen LogP contribution in [0.25, 0.3) is 0 Å². The number of nitrogens with two attached hydrogens (primary N) is 1. The summed E-state index contributed by atoms with van der Waals surface area (Å²) in [6.07, 6.45) is 0.741. The second-order valence-electron chi connectivity index (χ2n) is 3.87. The van der Waals surface area contributed by atoms with Gasteiger partial charge in [0.15, 0.2) is 5.60 Å². The first kappa shape index (κ1) is 10.5. The normalized spacial score (nSPS) is 24.9. The lowest BCUT2D eigenvalue weighted by Gasteiger charge is -2.21. The van der Waals surface area contributed by atoms with Crippen LogP contribution in [0.5, 0.6) is 0 Å². The molecule has 2 rings (SSSR count). The molecule has 80 valence electrons. The minimum Gasteiger partial charge on any atom is -0.384 e. The Kier molecular flexibility index (Phi) is 2.67. The molecule has 1 aliphatic heterocycles. The molecule has 1 heterocycles. The Labute approximate surface area is 93.9 Å². The Morgan fingerprint density at radius 1 is 1.47 bits per heavy atom. The molecule has 1 aromatic rings. The maximum Gasteiger partial charge on any atom is 0.165 e. The van der Waals surface area contributed by atoms with Crippen LogP contribution in [-0.2, 0) is 10.4 Å². The van der Waals surface area contributed by atoms with Gasteiger partial charge in [-0.1, -0.05) is 28.9 Å². The summed E-state index contributed by atoms with van der Waals surface area (Å²) in [4.78, 5) is 5.43. The zero-order valence-corrected chi connectivity index (χ0v) is 9.29. The summed E-state index contributed by atoms with van der Waals surface area (Å²) in [5.74, 6) is 0. The standard InChI is InChI=1S/C11H13ClN2O/c1-11(6-10(7-13)14-15-11)8-2-4-9(12)5-3-8/h2-5H,6-7,13H2,1H3. The van der Waals surface area contributed by atoms with Gasteiger partial charge in [-0.15, -0.1) is 0 Å². The number of oxime groups is 1. The van der Waals surface area contributed by atoms with E-state index in [0.717, 1.165) is 22.7 Å². The van der Waals surface area contributed by atoms with Gasteiger partial charge in [-0.05, 0) is 24.6 Å². The molecule has 0 radical (unpaired) electrons. The van der Waals surface area contributed by atoms with E-state index < -0.39 is 0 Å². The first-order valence-corrected chi connectivity index (χ1v) is 5.22. The van der Waals surface area contributed by atoms with Gasteiger partial charge in [0.2, 0.25) is 0 Å². The third-order valence-corrected chi connectivity index (χ3v) is 2.86. The Morgan fingerprint density at radius 3 is 2.67 bits per heavy atom. The van der Waals surface area contributed by atoms with E-state index in [0.29, 0.717) is 6.54 Å². The van der Waals surface area contributed by atoms with Crippen LogP contribution in [0.4, 0.5) is 0 Å². The Morgan fingerprint density at radius 2 is 2.13 bits per heavy atom. The van der Waals surface area contributed by atoms with Crippen LogP contribution in [0.2, 0.25) is 5.02 Å². The van der Waals surface area contributed by atoms with E-state index in [2.05, 4.69) is 5.16 Å². The van der Waals surface area contributed by atoms with Crippen molar-refractivity contribution in [3.63, 3.8) is 0 Å². The Bertz CT molecular complexity index is 388. The average molecular weight is 225 g/mol. The van der Waals surface area contributed by atoms with Crippen molar-refractivity contribution in [1.29, 1.82) is 0 Å². The van der Waals surface area contributed by atoms with Crippen LogP contribution >= 0.6 is 11.6 Å². The van der Waals surface area contributed by atoms with Crippen molar-refractivity contribution >= 4 is 17.3 Å². The molecule has 0 aromatic heterocycles. The topological polar surface area (TPSA) is 47.6 Å². The van der Waals surface area contributed by atoms with E-state index >= 15 is 0 Å². The maximum atomic E-state index is 5.83. The van der Waals surface area contributed by atoms with Gasteiger partial charge in [0.05, 0.1) is 5.71 Å². The fraction of sp³-hybridized carbons (Fsp3) is 0.364. The minimum atomic E-state index is -0.390. The number of nitrogens with zero attached hydrogens (tertiary/aromatic N) is 1. The Balaban J connectivity index is 2.22. The largest absolute Gasteiger partial charge is 0.384 e. The fourth-order valence-corrected chi connectivity index (χ4v) is 1.81. The lowest BCUT2D eigenvalue weighted by Crippen LogP contribution is -2.23. The zero-order valence-electron chi connectivity index (χ0n) is 8.53. The molecule has 0 aliphatic carbocycles. The van der Waals surface area contributed by atoms with Gasteiger partial charge >= 0.3 is 0 Å². The number of hydrogen-bond acceptors (Lipinski definition) is 3. The minimum absolute atomic E-state index is 0.390. The molecule has 4 heteroatoms. The van der Waals surface area contributed by atoms with Crippen molar-refractivity contribution in [3.8, 4) is 0 Å². The smallest absolute Gasteiger partial charge is 0.165 e. The van der Waals surface area contributed by atoms with Crippen LogP contribution in [0.15, 0.2) is 29.4 Å². The van der Waals surface area contributed by atoms with E-state index in [1.54, 1.807) is 0 Å². The van der Waals surface area contributed by atoms with Crippen LogP contribution < -0.4 is 5.73 Å². The van der Waals surface area contributed by atoms with Crippen LogP contribution in [0.3, 0.4) is 0 Å². The van der Waals surface area contributed by atoms with Crippen LogP contribution in [0, 0.1) is 0 Å². The summed E-state index contributed by atoms with van der Waals surface area (Å²) in [6, 6.07) is 7.62. The molecule has 2 N–H and O–H groups in total. The van der Waals surface area contributed by atoms with Crippen molar-refractivity contribution in [2.45, 2.75) is 18.9 Å². The van der Waals surface area contributed by atoms with E-state index in [4.69, 9.17) is 22.2 Å². The number of rotatable bonds is 2.